The minimum atomic E-state index is -0.197. The first-order valence-electron chi connectivity index (χ1n) is 7.95. The van der Waals surface area contributed by atoms with Crippen molar-refractivity contribution in [3.8, 4) is 0 Å². The second-order valence-electron chi connectivity index (χ2n) is 5.84. The normalized spacial score (nSPS) is 21.1. The first-order chi connectivity index (χ1) is 11.2. The van der Waals surface area contributed by atoms with Gasteiger partial charge in [-0.3, -0.25) is 4.79 Å². The van der Waals surface area contributed by atoms with Crippen molar-refractivity contribution in [1.29, 1.82) is 0 Å². The van der Waals surface area contributed by atoms with Crippen molar-refractivity contribution >= 4 is 29.0 Å². The standard InChI is InChI=1S/C18H21NO2S2/c20-14-9-7-13(8-10-14)19-18(21)16-5-1-2-6-17(16)23-12-15-4-3-11-22-15/h1-6,11,13-14,20H,7-10,12H2,(H,19,21). The maximum Gasteiger partial charge on any atom is 0.252 e. The van der Waals surface area contributed by atoms with E-state index in [1.165, 1.54) is 4.88 Å². The number of carbonyl (C=O) groups excluding carboxylic acids is 1. The molecule has 1 fully saturated rings. The van der Waals surface area contributed by atoms with Gasteiger partial charge in [0.05, 0.1) is 11.7 Å². The monoisotopic (exact) mass is 347 g/mol. The molecule has 0 spiro atoms. The average molecular weight is 348 g/mol. The molecular weight excluding hydrogens is 326 g/mol. The van der Waals surface area contributed by atoms with Crippen LogP contribution in [0.5, 0.6) is 0 Å². The van der Waals surface area contributed by atoms with Gasteiger partial charge in [0.2, 0.25) is 0 Å². The largest absolute Gasteiger partial charge is 0.393 e. The van der Waals surface area contributed by atoms with E-state index in [-0.39, 0.29) is 18.1 Å². The van der Waals surface area contributed by atoms with Crippen LogP contribution >= 0.6 is 23.1 Å². The maximum atomic E-state index is 12.6. The van der Waals surface area contributed by atoms with Crippen molar-refractivity contribution in [3.05, 3.63) is 52.2 Å². The molecule has 0 atom stereocenters. The van der Waals surface area contributed by atoms with Crippen molar-refractivity contribution < 1.29 is 9.90 Å². The van der Waals surface area contributed by atoms with Gasteiger partial charge in [0, 0.05) is 21.6 Å². The van der Waals surface area contributed by atoms with Crippen LogP contribution in [0.4, 0.5) is 0 Å². The summed E-state index contributed by atoms with van der Waals surface area (Å²) in [6, 6.07) is 12.1. The Balaban J connectivity index is 1.63. The van der Waals surface area contributed by atoms with E-state index in [9.17, 15) is 9.90 Å². The van der Waals surface area contributed by atoms with Crippen LogP contribution < -0.4 is 5.32 Å². The summed E-state index contributed by atoms with van der Waals surface area (Å²) < 4.78 is 0. The van der Waals surface area contributed by atoms with E-state index in [0.717, 1.165) is 41.9 Å². The smallest absolute Gasteiger partial charge is 0.252 e. The van der Waals surface area contributed by atoms with Gasteiger partial charge in [0.15, 0.2) is 0 Å². The number of hydrogen-bond donors (Lipinski definition) is 2. The van der Waals surface area contributed by atoms with Gasteiger partial charge in [-0.15, -0.1) is 23.1 Å². The van der Waals surface area contributed by atoms with Gasteiger partial charge in [-0.1, -0.05) is 18.2 Å². The number of rotatable bonds is 5. The van der Waals surface area contributed by atoms with Gasteiger partial charge >= 0.3 is 0 Å². The van der Waals surface area contributed by atoms with Gasteiger partial charge < -0.3 is 10.4 Å². The quantitative estimate of drug-likeness (QED) is 0.802. The third kappa shape index (κ3) is 4.59. The third-order valence-electron chi connectivity index (χ3n) is 4.11. The summed E-state index contributed by atoms with van der Waals surface area (Å²) in [5.41, 5.74) is 0.750. The Hall–Kier alpha value is -1.30. The minimum Gasteiger partial charge on any atom is -0.393 e. The van der Waals surface area contributed by atoms with Crippen molar-refractivity contribution in [2.75, 3.05) is 0 Å². The number of benzene rings is 1. The van der Waals surface area contributed by atoms with Crippen molar-refractivity contribution in [2.24, 2.45) is 0 Å². The molecule has 3 nitrogen and oxygen atoms in total. The molecule has 122 valence electrons. The summed E-state index contributed by atoms with van der Waals surface area (Å²) >= 11 is 3.45. The van der Waals surface area contributed by atoms with Crippen LogP contribution in [-0.4, -0.2) is 23.2 Å². The van der Waals surface area contributed by atoms with Crippen molar-refractivity contribution in [1.82, 2.24) is 5.32 Å². The molecule has 3 rings (SSSR count). The fraction of sp³-hybridized carbons (Fsp3) is 0.389. The Morgan fingerprint density at radius 1 is 1.17 bits per heavy atom. The molecule has 2 aromatic rings. The molecule has 1 aromatic heterocycles. The van der Waals surface area contributed by atoms with Gasteiger partial charge in [-0.2, -0.15) is 0 Å². The lowest BCUT2D eigenvalue weighted by Crippen LogP contribution is -2.38. The summed E-state index contributed by atoms with van der Waals surface area (Å²) in [5.74, 6) is 0.887. The van der Waals surface area contributed by atoms with Gasteiger partial charge in [0.1, 0.15) is 0 Å². The van der Waals surface area contributed by atoms with Crippen LogP contribution in [0.2, 0.25) is 0 Å². The Morgan fingerprint density at radius 2 is 1.96 bits per heavy atom. The molecule has 5 heteroatoms. The third-order valence-corrected chi connectivity index (χ3v) is 6.30. The molecule has 0 unspecified atom stereocenters. The van der Waals surface area contributed by atoms with Crippen LogP contribution in [0.1, 0.15) is 40.9 Å². The number of amides is 1. The number of aliphatic hydroxyl groups excluding tert-OH is 1. The fourth-order valence-corrected chi connectivity index (χ4v) is 4.63. The van der Waals surface area contributed by atoms with E-state index in [1.807, 2.05) is 24.3 Å². The zero-order valence-electron chi connectivity index (χ0n) is 12.9. The van der Waals surface area contributed by atoms with Crippen molar-refractivity contribution in [2.45, 2.75) is 48.5 Å². The lowest BCUT2D eigenvalue weighted by molar-refractivity contribution is 0.0865. The number of carbonyl (C=O) groups is 1. The molecule has 0 aliphatic heterocycles. The Labute approximate surface area is 145 Å². The molecule has 23 heavy (non-hydrogen) atoms. The summed E-state index contributed by atoms with van der Waals surface area (Å²) in [6.45, 7) is 0. The molecular formula is C18H21NO2S2. The van der Waals surface area contributed by atoms with Crippen molar-refractivity contribution in [3.63, 3.8) is 0 Å². The molecule has 1 saturated carbocycles. The van der Waals surface area contributed by atoms with Gasteiger partial charge in [-0.25, -0.2) is 0 Å². The number of hydrogen-bond acceptors (Lipinski definition) is 4. The van der Waals surface area contributed by atoms with E-state index >= 15 is 0 Å². The van der Waals surface area contributed by atoms with E-state index in [1.54, 1.807) is 23.1 Å². The SMILES string of the molecule is O=C(NC1CCC(O)CC1)c1ccccc1SCc1cccs1. The van der Waals surface area contributed by atoms with E-state index < -0.39 is 0 Å². The molecule has 1 aromatic carbocycles. The summed E-state index contributed by atoms with van der Waals surface area (Å²) in [5, 5.41) is 14.8. The zero-order valence-corrected chi connectivity index (χ0v) is 14.5. The Kier molecular flexibility index (Phi) is 5.75. The molecule has 1 heterocycles. The average Bonchev–Trinajstić information content (AvgIpc) is 3.09. The van der Waals surface area contributed by atoms with Crippen LogP contribution in [0, 0.1) is 0 Å². The first kappa shape index (κ1) is 16.6. The maximum absolute atomic E-state index is 12.6. The van der Waals surface area contributed by atoms with E-state index in [0.29, 0.717) is 0 Å². The molecule has 0 bridgehead atoms. The molecule has 1 aliphatic carbocycles. The Morgan fingerprint density at radius 3 is 2.70 bits per heavy atom. The Bertz CT molecular complexity index is 634. The molecule has 2 N–H and O–H groups in total. The van der Waals surface area contributed by atoms with Crippen LogP contribution in [0.3, 0.4) is 0 Å². The number of aliphatic hydroxyl groups is 1. The highest BCUT2D eigenvalue weighted by Crippen LogP contribution is 2.28. The van der Waals surface area contributed by atoms with Crippen LogP contribution in [0.15, 0.2) is 46.7 Å². The molecule has 0 radical (unpaired) electrons. The predicted molar refractivity (Wildman–Crippen MR) is 96.1 cm³/mol. The molecule has 0 saturated heterocycles. The second kappa shape index (κ2) is 7.99. The summed E-state index contributed by atoms with van der Waals surface area (Å²) in [7, 11) is 0. The van der Waals surface area contributed by atoms with E-state index in [2.05, 4.69) is 22.8 Å². The van der Waals surface area contributed by atoms with E-state index in [4.69, 9.17) is 0 Å². The highest BCUT2D eigenvalue weighted by molar-refractivity contribution is 7.98. The number of thioether (sulfide) groups is 1. The predicted octanol–water partition coefficient (Wildman–Crippen LogP) is 4.07. The number of thiophene rings is 1. The lowest BCUT2D eigenvalue weighted by atomic mass is 9.93. The first-order valence-corrected chi connectivity index (χ1v) is 9.82. The minimum absolute atomic E-state index is 0.000620. The zero-order chi connectivity index (χ0) is 16.1. The van der Waals surface area contributed by atoms with Crippen LogP contribution in [-0.2, 0) is 5.75 Å². The molecule has 1 aliphatic rings. The lowest BCUT2D eigenvalue weighted by Gasteiger charge is -2.26. The molecule has 1 amide bonds. The fourth-order valence-electron chi connectivity index (χ4n) is 2.81. The number of nitrogens with one attached hydrogen (secondary N) is 1. The van der Waals surface area contributed by atoms with Gasteiger partial charge in [-0.05, 0) is 49.3 Å². The van der Waals surface area contributed by atoms with Gasteiger partial charge in [0.25, 0.3) is 5.91 Å². The highest BCUT2D eigenvalue weighted by Gasteiger charge is 2.22. The summed E-state index contributed by atoms with van der Waals surface area (Å²) in [4.78, 5) is 14.9. The second-order valence-corrected chi connectivity index (χ2v) is 7.89. The topological polar surface area (TPSA) is 49.3 Å². The highest BCUT2D eigenvalue weighted by atomic mass is 32.2. The van der Waals surface area contributed by atoms with Crippen LogP contribution in [0.25, 0.3) is 0 Å². The summed E-state index contributed by atoms with van der Waals surface area (Å²) in [6.07, 6.45) is 3.07.